The van der Waals surface area contributed by atoms with Gasteiger partial charge in [-0.25, -0.2) is 9.59 Å². The Morgan fingerprint density at radius 1 is 1.23 bits per heavy atom. The maximum absolute atomic E-state index is 12.5. The lowest BCUT2D eigenvalue weighted by Gasteiger charge is -2.30. The molecule has 1 aliphatic carbocycles. The largest absolute Gasteiger partial charge is 0.480 e. The Bertz CT molecular complexity index is 498. The molecule has 5 heteroatoms. The number of carboxylic acid groups (broad SMARTS) is 1. The molecule has 1 aromatic carbocycles. The number of rotatable bonds is 5. The first kappa shape index (κ1) is 16.3. The van der Waals surface area contributed by atoms with Gasteiger partial charge in [0.05, 0.1) is 0 Å². The van der Waals surface area contributed by atoms with Crippen molar-refractivity contribution in [3.63, 3.8) is 0 Å². The normalized spacial score (nSPS) is 16.8. The molecule has 0 heterocycles. The molecule has 0 aromatic heterocycles. The third kappa shape index (κ3) is 4.48. The molecule has 1 fully saturated rings. The van der Waals surface area contributed by atoms with Crippen molar-refractivity contribution in [2.75, 3.05) is 0 Å². The van der Waals surface area contributed by atoms with Crippen LogP contribution in [0, 0.1) is 0 Å². The molecule has 0 saturated heterocycles. The molecule has 1 atom stereocenters. The van der Waals surface area contributed by atoms with Crippen LogP contribution < -0.4 is 5.32 Å². The molecule has 1 aromatic rings. The van der Waals surface area contributed by atoms with Crippen molar-refractivity contribution in [2.24, 2.45) is 0 Å². The SMILES string of the molecule is CC(C(=O)O)N(Cc1ccccc1)C(=O)NC1CCCCC1. The van der Waals surface area contributed by atoms with Crippen LogP contribution in [0.25, 0.3) is 0 Å². The first-order valence-electron chi connectivity index (χ1n) is 7.92. The zero-order chi connectivity index (χ0) is 15.9. The fraction of sp³-hybridized carbons (Fsp3) is 0.529. The number of aliphatic carboxylic acids is 1. The fourth-order valence-electron chi connectivity index (χ4n) is 2.80. The highest BCUT2D eigenvalue weighted by Gasteiger charge is 2.27. The number of hydrogen-bond acceptors (Lipinski definition) is 2. The van der Waals surface area contributed by atoms with Gasteiger partial charge in [-0.05, 0) is 25.3 Å². The van der Waals surface area contributed by atoms with Crippen LogP contribution in [0.3, 0.4) is 0 Å². The summed E-state index contributed by atoms with van der Waals surface area (Å²) in [5.41, 5.74) is 0.925. The summed E-state index contributed by atoms with van der Waals surface area (Å²) in [6.45, 7) is 1.85. The van der Waals surface area contributed by atoms with Gasteiger partial charge >= 0.3 is 12.0 Å². The Balaban J connectivity index is 2.05. The van der Waals surface area contributed by atoms with Gasteiger partial charge in [-0.15, -0.1) is 0 Å². The van der Waals surface area contributed by atoms with Crippen molar-refractivity contribution >= 4 is 12.0 Å². The summed E-state index contributed by atoms with van der Waals surface area (Å²) >= 11 is 0. The zero-order valence-corrected chi connectivity index (χ0v) is 13.0. The lowest BCUT2D eigenvalue weighted by atomic mass is 9.96. The van der Waals surface area contributed by atoms with Gasteiger partial charge in [0.15, 0.2) is 0 Å². The number of amides is 2. The smallest absolute Gasteiger partial charge is 0.326 e. The van der Waals surface area contributed by atoms with Gasteiger partial charge in [0.2, 0.25) is 0 Å². The van der Waals surface area contributed by atoms with Crippen LogP contribution in [0.1, 0.15) is 44.6 Å². The van der Waals surface area contributed by atoms with Crippen molar-refractivity contribution in [3.05, 3.63) is 35.9 Å². The summed E-state index contributed by atoms with van der Waals surface area (Å²) in [4.78, 5) is 25.2. The second-order valence-corrected chi connectivity index (χ2v) is 5.91. The fourth-order valence-corrected chi connectivity index (χ4v) is 2.80. The molecule has 22 heavy (non-hydrogen) atoms. The number of nitrogens with zero attached hydrogens (tertiary/aromatic N) is 1. The Morgan fingerprint density at radius 3 is 2.45 bits per heavy atom. The van der Waals surface area contributed by atoms with E-state index < -0.39 is 12.0 Å². The van der Waals surface area contributed by atoms with Gasteiger partial charge < -0.3 is 15.3 Å². The van der Waals surface area contributed by atoms with Gasteiger partial charge in [-0.3, -0.25) is 0 Å². The topological polar surface area (TPSA) is 69.6 Å². The van der Waals surface area contributed by atoms with Crippen LogP contribution in [0.4, 0.5) is 4.79 Å². The van der Waals surface area contributed by atoms with E-state index in [9.17, 15) is 14.7 Å². The van der Waals surface area contributed by atoms with Crippen molar-refractivity contribution in [1.29, 1.82) is 0 Å². The van der Waals surface area contributed by atoms with Gasteiger partial charge in [0.25, 0.3) is 0 Å². The van der Waals surface area contributed by atoms with E-state index in [1.54, 1.807) is 6.92 Å². The van der Waals surface area contributed by atoms with E-state index in [1.807, 2.05) is 30.3 Å². The first-order chi connectivity index (χ1) is 10.6. The maximum Gasteiger partial charge on any atom is 0.326 e. The van der Waals surface area contributed by atoms with Crippen LogP contribution in [0.2, 0.25) is 0 Å². The minimum Gasteiger partial charge on any atom is -0.480 e. The molecular formula is C17H24N2O3. The number of hydrogen-bond donors (Lipinski definition) is 2. The number of urea groups is 1. The molecular weight excluding hydrogens is 280 g/mol. The molecule has 0 spiro atoms. The maximum atomic E-state index is 12.5. The molecule has 0 bridgehead atoms. The standard InChI is InChI=1S/C17H24N2O3/c1-13(16(20)21)19(12-14-8-4-2-5-9-14)17(22)18-15-10-6-3-7-11-15/h2,4-5,8-9,13,15H,3,6-7,10-12H2,1H3,(H,18,22)(H,20,21). The Morgan fingerprint density at radius 2 is 1.86 bits per heavy atom. The first-order valence-corrected chi connectivity index (χ1v) is 7.92. The minimum atomic E-state index is -0.991. The van der Waals surface area contributed by atoms with Crippen molar-refractivity contribution in [3.8, 4) is 0 Å². The molecule has 1 aliphatic rings. The van der Waals surface area contributed by atoms with Gasteiger partial charge in [0, 0.05) is 12.6 Å². The molecule has 5 nitrogen and oxygen atoms in total. The Kier molecular flexibility index (Phi) is 5.81. The van der Waals surface area contributed by atoms with E-state index in [0.717, 1.165) is 31.2 Å². The van der Waals surface area contributed by atoms with Crippen molar-refractivity contribution in [2.45, 2.75) is 57.7 Å². The lowest BCUT2D eigenvalue weighted by molar-refractivity contribution is -0.141. The summed E-state index contributed by atoms with van der Waals surface area (Å²) in [6, 6.07) is 8.49. The average molecular weight is 304 g/mol. The zero-order valence-electron chi connectivity index (χ0n) is 13.0. The van der Waals surface area contributed by atoms with E-state index >= 15 is 0 Å². The molecule has 120 valence electrons. The monoisotopic (exact) mass is 304 g/mol. The van der Waals surface area contributed by atoms with Gasteiger partial charge in [-0.1, -0.05) is 49.6 Å². The average Bonchev–Trinajstić information content (AvgIpc) is 2.53. The van der Waals surface area contributed by atoms with E-state index in [4.69, 9.17) is 0 Å². The molecule has 2 rings (SSSR count). The van der Waals surface area contributed by atoms with Crippen LogP contribution in [-0.2, 0) is 11.3 Å². The van der Waals surface area contributed by atoms with Crippen molar-refractivity contribution in [1.82, 2.24) is 10.2 Å². The molecule has 1 unspecified atom stereocenters. The highest BCUT2D eigenvalue weighted by molar-refractivity contribution is 5.82. The van der Waals surface area contributed by atoms with Crippen molar-refractivity contribution < 1.29 is 14.7 Å². The molecule has 2 amide bonds. The molecule has 2 N–H and O–H groups in total. The second-order valence-electron chi connectivity index (χ2n) is 5.91. The van der Waals surface area contributed by atoms with Crippen LogP contribution in [-0.4, -0.2) is 34.1 Å². The number of carboxylic acids is 1. The highest BCUT2D eigenvalue weighted by Crippen LogP contribution is 2.18. The second kappa shape index (κ2) is 7.82. The minimum absolute atomic E-state index is 0.167. The van der Waals surface area contributed by atoms with E-state index in [-0.39, 0.29) is 12.1 Å². The summed E-state index contributed by atoms with van der Waals surface area (Å²) in [6.07, 6.45) is 5.42. The summed E-state index contributed by atoms with van der Waals surface area (Å²) in [7, 11) is 0. The highest BCUT2D eigenvalue weighted by atomic mass is 16.4. The van der Waals surface area contributed by atoms with Crippen LogP contribution >= 0.6 is 0 Å². The third-order valence-electron chi connectivity index (χ3n) is 4.21. The number of carbonyl (C=O) groups excluding carboxylic acids is 1. The predicted octanol–water partition coefficient (Wildman–Crippen LogP) is 3.00. The van der Waals surface area contributed by atoms with E-state index in [2.05, 4.69) is 5.32 Å². The quantitative estimate of drug-likeness (QED) is 0.878. The summed E-state index contributed by atoms with van der Waals surface area (Å²) < 4.78 is 0. The predicted molar refractivity (Wildman–Crippen MR) is 84.5 cm³/mol. The van der Waals surface area contributed by atoms with E-state index in [0.29, 0.717) is 6.54 Å². The number of benzene rings is 1. The van der Waals surface area contributed by atoms with Crippen LogP contribution in [0.5, 0.6) is 0 Å². The van der Waals surface area contributed by atoms with Gasteiger partial charge in [0.1, 0.15) is 6.04 Å². The molecule has 0 radical (unpaired) electrons. The van der Waals surface area contributed by atoms with E-state index in [1.165, 1.54) is 11.3 Å². The summed E-state index contributed by atoms with van der Waals surface area (Å²) in [5, 5.41) is 12.3. The Labute approximate surface area is 131 Å². The number of carbonyl (C=O) groups is 2. The summed E-state index contributed by atoms with van der Waals surface area (Å²) in [5.74, 6) is -0.991. The third-order valence-corrected chi connectivity index (χ3v) is 4.21. The lowest BCUT2D eigenvalue weighted by Crippen LogP contribution is -2.50. The Hall–Kier alpha value is -2.04. The molecule has 1 saturated carbocycles. The molecule has 0 aliphatic heterocycles. The van der Waals surface area contributed by atoms with Gasteiger partial charge in [-0.2, -0.15) is 0 Å². The van der Waals surface area contributed by atoms with Crippen LogP contribution in [0.15, 0.2) is 30.3 Å². The number of nitrogens with one attached hydrogen (secondary N) is 1.